The summed E-state index contributed by atoms with van der Waals surface area (Å²) in [4.78, 5) is 13.0. The number of carbonyl (C=O) groups excluding carboxylic acids is 1. The molecule has 0 saturated heterocycles. The van der Waals surface area contributed by atoms with Gasteiger partial charge in [0.25, 0.3) is 5.91 Å². The summed E-state index contributed by atoms with van der Waals surface area (Å²) in [7, 11) is 0. The number of hydrogen-bond acceptors (Lipinski definition) is 3. The van der Waals surface area contributed by atoms with E-state index in [4.69, 9.17) is 4.74 Å². The molecule has 6 heteroatoms. The van der Waals surface area contributed by atoms with Crippen molar-refractivity contribution in [2.24, 2.45) is 0 Å². The smallest absolute Gasteiger partial charge is 0.276 e. The third kappa shape index (κ3) is 4.71. The van der Waals surface area contributed by atoms with E-state index in [1.54, 1.807) is 47.1 Å². The monoisotopic (exact) mass is 449 g/mol. The summed E-state index contributed by atoms with van der Waals surface area (Å²) in [6, 6.07) is 33.9. The van der Waals surface area contributed by atoms with Crippen molar-refractivity contribution in [2.75, 3.05) is 5.32 Å². The number of ether oxygens (including phenoxy) is 1. The van der Waals surface area contributed by atoms with Crippen LogP contribution in [-0.4, -0.2) is 15.7 Å². The van der Waals surface area contributed by atoms with Gasteiger partial charge in [-0.3, -0.25) is 4.79 Å². The van der Waals surface area contributed by atoms with Crippen molar-refractivity contribution < 1.29 is 13.9 Å². The highest BCUT2D eigenvalue weighted by molar-refractivity contribution is 6.03. The molecule has 1 N–H and O–H groups in total. The van der Waals surface area contributed by atoms with Crippen molar-refractivity contribution in [1.29, 1.82) is 0 Å². The number of rotatable bonds is 6. The van der Waals surface area contributed by atoms with Crippen LogP contribution in [0.2, 0.25) is 0 Å². The summed E-state index contributed by atoms with van der Waals surface area (Å²) >= 11 is 0. The maximum absolute atomic E-state index is 13.5. The van der Waals surface area contributed by atoms with Crippen LogP contribution in [0.5, 0.6) is 11.5 Å². The van der Waals surface area contributed by atoms with E-state index in [2.05, 4.69) is 10.4 Å². The molecule has 5 aromatic rings. The highest BCUT2D eigenvalue weighted by Gasteiger charge is 2.17. The number of nitrogens with one attached hydrogen (secondary N) is 1. The second-order valence-electron chi connectivity index (χ2n) is 7.56. The first-order valence-electron chi connectivity index (χ1n) is 10.7. The van der Waals surface area contributed by atoms with E-state index in [9.17, 15) is 9.18 Å². The number of amides is 1. The molecule has 0 atom stereocenters. The largest absolute Gasteiger partial charge is 0.457 e. The van der Waals surface area contributed by atoms with Gasteiger partial charge < -0.3 is 10.1 Å². The molecule has 4 aromatic carbocycles. The van der Waals surface area contributed by atoms with Crippen molar-refractivity contribution >= 4 is 11.6 Å². The lowest BCUT2D eigenvalue weighted by Gasteiger charge is -2.07. The Balaban J connectivity index is 1.39. The van der Waals surface area contributed by atoms with Gasteiger partial charge in [0.2, 0.25) is 0 Å². The standard InChI is InChI=1S/C28H20FN3O2/c29-21-13-11-20(12-14-21)27-19-26(31-32(27)23-7-3-1-4-8-23)28(33)30-22-15-17-25(18-16-22)34-24-9-5-2-6-10-24/h1-19H,(H,30,33). The van der Waals surface area contributed by atoms with Gasteiger partial charge in [0, 0.05) is 11.3 Å². The summed E-state index contributed by atoms with van der Waals surface area (Å²) in [5, 5.41) is 7.41. The van der Waals surface area contributed by atoms with E-state index in [-0.39, 0.29) is 17.4 Å². The number of halogens is 1. The van der Waals surface area contributed by atoms with Crippen molar-refractivity contribution in [2.45, 2.75) is 0 Å². The zero-order valence-electron chi connectivity index (χ0n) is 18.1. The van der Waals surface area contributed by atoms with Gasteiger partial charge in [0.15, 0.2) is 5.69 Å². The molecule has 1 heterocycles. The summed E-state index contributed by atoms with van der Waals surface area (Å²) in [5.41, 5.74) is 3.08. The first kappa shape index (κ1) is 21.2. The highest BCUT2D eigenvalue weighted by Crippen LogP contribution is 2.26. The number of para-hydroxylation sites is 2. The lowest BCUT2D eigenvalue weighted by Crippen LogP contribution is -2.13. The molecule has 0 aliphatic rings. The lowest BCUT2D eigenvalue weighted by molar-refractivity contribution is 0.102. The van der Waals surface area contributed by atoms with Gasteiger partial charge in [0.1, 0.15) is 17.3 Å². The lowest BCUT2D eigenvalue weighted by atomic mass is 10.1. The van der Waals surface area contributed by atoms with E-state index in [1.807, 2.05) is 60.7 Å². The minimum Gasteiger partial charge on any atom is -0.457 e. The average Bonchev–Trinajstić information content (AvgIpc) is 3.33. The van der Waals surface area contributed by atoms with Gasteiger partial charge in [-0.15, -0.1) is 0 Å². The number of nitrogens with zero attached hydrogens (tertiary/aromatic N) is 2. The molecule has 166 valence electrons. The number of anilines is 1. The van der Waals surface area contributed by atoms with Crippen LogP contribution in [-0.2, 0) is 0 Å². The number of hydrogen-bond donors (Lipinski definition) is 1. The fourth-order valence-electron chi connectivity index (χ4n) is 3.51. The average molecular weight is 449 g/mol. The summed E-state index contributed by atoms with van der Waals surface area (Å²) in [6.07, 6.45) is 0. The molecule has 5 nitrogen and oxygen atoms in total. The molecule has 0 bridgehead atoms. The molecule has 0 aliphatic heterocycles. The van der Waals surface area contributed by atoms with E-state index < -0.39 is 0 Å². The van der Waals surface area contributed by atoms with Crippen LogP contribution in [0.25, 0.3) is 16.9 Å². The molecule has 1 aromatic heterocycles. The minimum atomic E-state index is -0.352. The Kier molecular flexibility index (Phi) is 5.86. The number of aromatic nitrogens is 2. The Bertz CT molecular complexity index is 1400. The van der Waals surface area contributed by atoms with Crippen LogP contribution in [0.1, 0.15) is 10.5 Å². The molecule has 1 amide bonds. The summed E-state index contributed by atoms with van der Waals surface area (Å²) in [6.45, 7) is 0. The Labute approximate surface area is 196 Å². The Hall–Kier alpha value is -4.71. The van der Waals surface area contributed by atoms with Crippen molar-refractivity contribution in [1.82, 2.24) is 9.78 Å². The number of carbonyl (C=O) groups is 1. The van der Waals surface area contributed by atoms with Crippen LogP contribution in [0.4, 0.5) is 10.1 Å². The van der Waals surface area contributed by atoms with Gasteiger partial charge in [-0.2, -0.15) is 5.10 Å². The Morgan fingerprint density at radius 3 is 2.06 bits per heavy atom. The predicted molar refractivity (Wildman–Crippen MR) is 130 cm³/mol. The molecule has 5 rings (SSSR count). The third-order valence-corrected chi connectivity index (χ3v) is 5.17. The van der Waals surface area contributed by atoms with Crippen LogP contribution in [0, 0.1) is 5.82 Å². The van der Waals surface area contributed by atoms with E-state index in [0.717, 1.165) is 17.0 Å². The molecule has 0 unspecified atom stereocenters. The van der Waals surface area contributed by atoms with Crippen molar-refractivity contribution in [3.8, 4) is 28.4 Å². The van der Waals surface area contributed by atoms with Gasteiger partial charge in [-0.05, 0) is 78.9 Å². The fourth-order valence-corrected chi connectivity index (χ4v) is 3.51. The van der Waals surface area contributed by atoms with Crippen LogP contribution in [0.15, 0.2) is 115 Å². The van der Waals surface area contributed by atoms with Gasteiger partial charge in [0.05, 0.1) is 11.4 Å². The van der Waals surface area contributed by atoms with Gasteiger partial charge >= 0.3 is 0 Å². The van der Waals surface area contributed by atoms with Crippen LogP contribution >= 0.6 is 0 Å². The first-order valence-corrected chi connectivity index (χ1v) is 10.7. The normalized spacial score (nSPS) is 10.6. The topological polar surface area (TPSA) is 56.1 Å². The molecular weight excluding hydrogens is 429 g/mol. The Morgan fingerprint density at radius 1 is 0.765 bits per heavy atom. The first-order chi connectivity index (χ1) is 16.7. The van der Waals surface area contributed by atoms with Crippen molar-refractivity contribution in [3.63, 3.8) is 0 Å². The van der Waals surface area contributed by atoms with E-state index in [1.165, 1.54) is 12.1 Å². The predicted octanol–water partition coefficient (Wildman–Crippen LogP) is 6.72. The summed E-state index contributed by atoms with van der Waals surface area (Å²) < 4.78 is 20.9. The zero-order chi connectivity index (χ0) is 23.3. The van der Waals surface area contributed by atoms with Gasteiger partial charge in [-0.25, -0.2) is 9.07 Å². The second kappa shape index (κ2) is 9.42. The van der Waals surface area contributed by atoms with Crippen molar-refractivity contribution in [3.05, 3.63) is 127 Å². The Morgan fingerprint density at radius 2 is 1.38 bits per heavy atom. The maximum Gasteiger partial charge on any atom is 0.276 e. The zero-order valence-corrected chi connectivity index (χ0v) is 18.1. The number of benzene rings is 4. The third-order valence-electron chi connectivity index (χ3n) is 5.17. The molecule has 34 heavy (non-hydrogen) atoms. The molecular formula is C28H20FN3O2. The van der Waals surface area contributed by atoms with E-state index >= 15 is 0 Å². The molecule has 0 radical (unpaired) electrons. The minimum absolute atomic E-state index is 0.243. The van der Waals surface area contributed by atoms with Crippen LogP contribution < -0.4 is 10.1 Å². The maximum atomic E-state index is 13.5. The van der Waals surface area contributed by atoms with Gasteiger partial charge in [-0.1, -0.05) is 36.4 Å². The summed E-state index contributed by atoms with van der Waals surface area (Å²) in [5.74, 6) is 0.720. The quantitative estimate of drug-likeness (QED) is 0.313. The fraction of sp³-hybridized carbons (Fsp3) is 0. The van der Waals surface area contributed by atoms with Crippen LogP contribution in [0.3, 0.4) is 0 Å². The second-order valence-corrected chi connectivity index (χ2v) is 7.56. The molecule has 0 saturated carbocycles. The van der Waals surface area contributed by atoms with E-state index in [0.29, 0.717) is 17.1 Å². The molecule has 0 aliphatic carbocycles. The highest BCUT2D eigenvalue weighted by atomic mass is 19.1. The molecule has 0 fully saturated rings. The molecule has 0 spiro atoms. The SMILES string of the molecule is O=C(Nc1ccc(Oc2ccccc2)cc1)c1cc(-c2ccc(F)cc2)n(-c2ccccc2)n1.